The molecule has 0 saturated carbocycles. The number of benzene rings is 1. The Hall–Kier alpha value is -1.39. The molecule has 0 unspecified atom stereocenters. The third-order valence-electron chi connectivity index (χ3n) is 2.49. The number of hydrogen-bond acceptors (Lipinski definition) is 4. The van der Waals surface area contributed by atoms with Gasteiger partial charge in [0.1, 0.15) is 5.75 Å². The molecule has 1 aromatic carbocycles. The molecule has 0 fully saturated rings. The average molecular weight is 249 g/mol. The second-order valence-electron chi connectivity index (χ2n) is 3.68. The minimum absolute atomic E-state index is 0.177. The van der Waals surface area contributed by atoms with Crippen LogP contribution in [0.2, 0.25) is 0 Å². The van der Waals surface area contributed by atoms with E-state index in [-0.39, 0.29) is 6.61 Å². The highest BCUT2D eigenvalue weighted by Gasteiger charge is 2.06. The Bertz CT molecular complexity index is 482. The van der Waals surface area contributed by atoms with Crippen molar-refractivity contribution >= 4 is 11.3 Å². The summed E-state index contributed by atoms with van der Waals surface area (Å²) in [5, 5.41) is 9.91. The summed E-state index contributed by atoms with van der Waals surface area (Å²) in [4.78, 5) is 5.48. The standard InChI is InChI=1S/C13H15NO2S/c1-16-12-5-3-2-4-10(12)8-13-14-9-11(17-13)6-7-15/h2-5,9,15H,6-8H2,1H3. The Labute approximate surface area is 105 Å². The molecule has 0 radical (unpaired) electrons. The molecular weight excluding hydrogens is 234 g/mol. The molecule has 17 heavy (non-hydrogen) atoms. The monoisotopic (exact) mass is 249 g/mol. The number of ether oxygens (including phenoxy) is 1. The number of rotatable bonds is 5. The first-order valence-electron chi connectivity index (χ1n) is 5.50. The molecule has 90 valence electrons. The third kappa shape index (κ3) is 3.05. The first kappa shape index (κ1) is 12.1. The van der Waals surface area contributed by atoms with Gasteiger partial charge in [0.15, 0.2) is 0 Å². The molecule has 0 aliphatic rings. The van der Waals surface area contributed by atoms with Crippen LogP contribution in [0.4, 0.5) is 0 Å². The van der Waals surface area contributed by atoms with Gasteiger partial charge < -0.3 is 9.84 Å². The molecule has 4 heteroatoms. The zero-order chi connectivity index (χ0) is 12.1. The summed E-state index contributed by atoms with van der Waals surface area (Å²) < 4.78 is 5.31. The van der Waals surface area contributed by atoms with Gasteiger partial charge in [-0.2, -0.15) is 0 Å². The minimum atomic E-state index is 0.177. The predicted molar refractivity (Wildman–Crippen MR) is 68.7 cm³/mol. The second kappa shape index (κ2) is 5.80. The van der Waals surface area contributed by atoms with E-state index in [4.69, 9.17) is 9.84 Å². The highest BCUT2D eigenvalue weighted by atomic mass is 32.1. The van der Waals surface area contributed by atoms with E-state index in [1.54, 1.807) is 18.4 Å². The van der Waals surface area contributed by atoms with Gasteiger partial charge in [-0.1, -0.05) is 18.2 Å². The number of nitrogens with zero attached hydrogens (tertiary/aromatic N) is 1. The number of methoxy groups -OCH3 is 1. The van der Waals surface area contributed by atoms with E-state index in [1.165, 1.54) is 0 Å². The van der Waals surface area contributed by atoms with Crippen LogP contribution in [0.1, 0.15) is 15.4 Å². The van der Waals surface area contributed by atoms with Crippen LogP contribution < -0.4 is 4.74 Å². The normalized spacial score (nSPS) is 10.5. The van der Waals surface area contributed by atoms with Crippen molar-refractivity contribution < 1.29 is 9.84 Å². The van der Waals surface area contributed by atoms with Crippen molar-refractivity contribution in [3.63, 3.8) is 0 Å². The fourth-order valence-electron chi connectivity index (χ4n) is 1.67. The first-order chi connectivity index (χ1) is 8.33. The van der Waals surface area contributed by atoms with Crippen molar-refractivity contribution in [1.29, 1.82) is 0 Å². The second-order valence-corrected chi connectivity index (χ2v) is 4.88. The summed E-state index contributed by atoms with van der Waals surface area (Å²) in [5.74, 6) is 0.895. The smallest absolute Gasteiger partial charge is 0.122 e. The first-order valence-corrected chi connectivity index (χ1v) is 6.31. The summed E-state index contributed by atoms with van der Waals surface area (Å²) in [6.45, 7) is 0.177. The van der Waals surface area contributed by atoms with Crippen molar-refractivity contribution in [2.24, 2.45) is 0 Å². The van der Waals surface area contributed by atoms with E-state index in [0.717, 1.165) is 27.6 Å². The van der Waals surface area contributed by atoms with Crippen molar-refractivity contribution in [2.45, 2.75) is 12.8 Å². The van der Waals surface area contributed by atoms with Gasteiger partial charge in [0.05, 0.1) is 12.1 Å². The SMILES string of the molecule is COc1ccccc1Cc1ncc(CCO)s1. The number of thiazole rings is 1. The highest BCUT2D eigenvalue weighted by molar-refractivity contribution is 7.11. The molecule has 1 aromatic heterocycles. The molecule has 3 nitrogen and oxygen atoms in total. The summed E-state index contributed by atoms with van der Waals surface area (Å²) in [6.07, 6.45) is 3.30. The molecule has 0 aliphatic heterocycles. The molecule has 1 heterocycles. The lowest BCUT2D eigenvalue weighted by Crippen LogP contribution is -1.92. The van der Waals surface area contributed by atoms with Crippen LogP contribution in [-0.4, -0.2) is 23.8 Å². The molecule has 0 atom stereocenters. The molecule has 2 aromatic rings. The lowest BCUT2D eigenvalue weighted by molar-refractivity contribution is 0.300. The number of hydrogen-bond donors (Lipinski definition) is 1. The Morgan fingerprint density at radius 1 is 1.35 bits per heavy atom. The largest absolute Gasteiger partial charge is 0.496 e. The summed E-state index contributed by atoms with van der Waals surface area (Å²) >= 11 is 1.64. The van der Waals surface area contributed by atoms with Crippen LogP contribution in [0.25, 0.3) is 0 Å². The summed E-state index contributed by atoms with van der Waals surface area (Å²) in [7, 11) is 1.68. The van der Waals surface area contributed by atoms with Crippen LogP contribution in [0, 0.1) is 0 Å². The quantitative estimate of drug-likeness (QED) is 0.884. The Morgan fingerprint density at radius 2 is 2.18 bits per heavy atom. The predicted octanol–water partition coefficient (Wildman–Crippen LogP) is 2.28. The van der Waals surface area contributed by atoms with Gasteiger partial charge in [-0.25, -0.2) is 4.98 Å². The minimum Gasteiger partial charge on any atom is -0.496 e. The molecule has 0 spiro atoms. The number of para-hydroxylation sites is 1. The number of aliphatic hydroxyl groups is 1. The Morgan fingerprint density at radius 3 is 2.94 bits per heavy atom. The van der Waals surface area contributed by atoms with Gasteiger partial charge in [0, 0.05) is 36.1 Å². The fraction of sp³-hybridized carbons (Fsp3) is 0.308. The van der Waals surface area contributed by atoms with E-state index in [2.05, 4.69) is 4.98 Å². The van der Waals surface area contributed by atoms with E-state index in [0.29, 0.717) is 6.42 Å². The molecular formula is C13H15NO2S. The Kier molecular flexibility index (Phi) is 4.12. The van der Waals surface area contributed by atoms with Crippen molar-refractivity contribution in [3.05, 3.63) is 45.9 Å². The molecule has 2 rings (SSSR count). The zero-order valence-corrected chi connectivity index (χ0v) is 10.5. The Balaban J connectivity index is 2.13. The van der Waals surface area contributed by atoms with Gasteiger partial charge in [-0.3, -0.25) is 0 Å². The maximum atomic E-state index is 8.86. The van der Waals surface area contributed by atoms with Crippen LogP contribution in [-0.2, 0) is 12.8 Å². The number of aromatic nitrogens is 1. The maximum absolute atomic E-state index is 8.86. The topological polar surface area (TPSA) is 42.4 Å². The average Bonchev–Trinajstić information content (AvgIpc) is 2.78. The fourth-order valence-corrected chi connectivity index (χ4v) is 2.60. The highest BCUT2D eigenvalue weighted by Crippen LogP contribution is 2.23. The van der Waals surface area contributed by atoms with Crippen molar-refractivity contribution in [2.75, 3.05) is 13.7 Å². The lowest BCUT2D eigenvalue weighted by Gasteiger charge is -2.05. The van der Waals surface area contributed by atoms with Gasteiger partial charge in [-0.05, 0) is 6.07 Å². The van der Waals surface area contributed by atoms with Gasteiger partial charge in [0.25, 0.3) is 0 Å². The zero-order valence-electron chi connectivity index (χ0n) is 9.72. The molecule has 0 aliphatic carbocycles. The van der Waals surface area contributed by atoms with E-state index in [9.17, 15) is 0 Å². The lowest BCUT2D eigenvalue weighted by atomic mass is 10.1. The molecule has 0 amide bonds. The van der Waals surface area contributed by atoms with Crippen molar-refractivity contribution in [3.8, 4) is 5.75 Å². The van der Waals surface area contributed by atoms with E-state index >= 15 is 0 Å². The molecule has 0 saturated heterocycles. The van der Waals surface area contributed by atoms with Gasteiger partial charge in [0.2, 0.25) is 0 Å². The van der Waals surface area contributed by atoms with Crippen LogP contribution in [0.15, 0.2) is 30.5 Å². The number of aliphatic hydroxyl groups excluding tert-OH is 1. The third-order valence-corrected chi connectivity index (χ3v) is 3.55. The molecule has 0 bridgehead atoms. The maximum Gasteiger partial charge on any atom is 0.122 e. The van der Waals surface area contributed by atoms with E-state index < -0.39 is 0 Å². The van der Waals surface area contributed by atoms with Crippen LogP contribution >= 0.6 is 11.3 Å². The van der Waals surface area contributed by atoms with Crippen LogP contribution in [0.3, 0.4) is 0 Å². The summed E-state index contributed by atoms with van der Waals surface area (Å²) in [5.41, 5.74) is 1.14. The van der Waals surface area contributed by atoms with Gasteiger partial charge >= 0.3 is 0 Å². The van der Waals surface area contributed by atoms with Crippen molar-refractivity contribution in [1.82, 2.24) is 4.98 Å². The van der Waals surface area contributed by atoms with Crippen LogP contribution in [0.5, 0.6) is 5.75 Å². The molecule has 1 N–H and O–H groups in total. The van der Waals surface area contributed by atoms with Gasteiger partial charge in [-0.15, -0.1) is 11.3 Å². The van der Waals surface area contributed by atoms with E-state index in [1.807, 2.05) is 30.5 Å². The summed E-state index contributed by atoms with van der Waals surface area (Å²) in [6, 6.07) is 7.96.